The summed E-state index contributed by atoms with van der Waals surface area (Å²) in [6.45, 7) is 1.76. The molecule has 0 amide bonds. The summed E-state index contributed by atoms with van der Waals surface area (Å²) >= 11 is 1.29. The highest BCUT2D eigenvalue weighted by atomic mass is 32.1. The van der Waals surface area contributed by atoms with Crippen LogP contribution in [0.5, 0.6) is 5.75 Å². The summed E-state index contributed by atoms with van der Waals surface area (Å²) in [4.78, 5) is 31.1. The monoisotopic (exact) mass is 446 g/mol. The summed E-state index contributed by atoms with van der Waals surface area (Å²) in [6.07, 6.45) is 5.46. The average Bonchev–Trinajstić information content (AvgIpc) is 3.13. The fourth-order valence-electron chi connectivity index (χ4n) is 3.70. The third kappa shape index (κ3) is 3.94. The van der Waals surface area contributed by atoms with Gasteiger partial charge in [-0.05, 0) is 24.6 Å². The topological polar surface area (TPSA) is 69.9 Å². The zero-order chi connectivity index (χ0) is 22.7. The second kappa shape index (κ2) is 9.20. The summed E-state index contributed by atoms with van der Waals surface area (Å²) in [7, 11) is 2.95. The highest BCUT2D eigenvalue weighted by Crippen LogP contribution is 2.30. The standard InChI is InChI=1S/C25H22N2O4S/c1-16-21(24(29)31-3)22(18-11-5-4-6-12-18)27-23(28)20(32-25(27)26-16)15-9-13-17-10-7-8-14-19(17)30-2/h4-15,22H,1-3H3/b13-9+,20-15+/t22-/m1/s1. The molecule has 0 aliphatic carbocycles. The second-order valence-corrected chi connectivity index (χ2v) is 8.12. The van der Waals surface area contributed by atoms with E-state index in [-0.39, 0.29) is 5.56 Å². The number of esters is 1. The number of nitrogens with zero attached hydrogens (tertiary/aromatic N) is 2. The first kappa shape index (κ1) is 21.5. The number of benzene rings is 2. The lowest BCUT2D eigenvalue weighted by Gasteiger charge is -2.24. The van der Waals surface area contributed by atoms with Crippen LogP contribution < -0.4 is 19.6 Å². The van der Waals surface area contributed by atoms with E-state index in [1.807, 2.05) is 66.7 Å². The van der Waals surface area contributed by atoms with E-state index < -0.39 is 12.0 Å². The van der Waals surface area contributed by atoms with Gasteiger partial charge in [0.15, 0.2) is 4.80 Å². The van der Waals surface area contributed by atoms with E-state index in [9.17, 15) is 9.59 Å². The number of methoxy groups -OCH3 is 2. The molecule has 1 atom stereocenters. The molecule has 1 aromatic heterocycles. The minimum Gasteiger partial charge on any atom is -0.496 e. The van der Waals surface area contributed by atoms with Crippen molar-refractivity contribution in [3.63, 3.8) is 0 Å². The fourth-order valence-corrected chi connectivity index (χ4v) is 4.70. The molecule has 0 saturated heterocycles. The largest absolute Gasteiger partial charge is 0.496 e. The van der Waals surface area contributed by atoms with E-state index in [0.717, 1.165) is 16.9 Å². The maximum absolute atomic E-state index is 13.4. The van der Waals surface area contributed by atoms with Gasteiger partial charge < -0.3 is 9.47 Å². The first-order valence-electron chi connectivity index (χ1n) is 10.0. The quantitative estimate of drug-likeness (QED) is 0.565. The average molecular weight is 447 g/mol. The van der Waals surface area contributed by atoms with E-state index >= 15 is 0 Å². The van der Waals surface area contributed by atoms with Gasteiger partial charge in [0.25, 0.3) is 5.56 Å². The molecular formula is C25H22N2O4S. The number of para-hydroxylation sites is 1. The lowest BCUT2D eigenvalue weighted by Crippen LogP contribution is -2.39. The second-order valence-electron chi connectivity index (χ2n) is 7.11. The summed E-state index contributed by atoms with van der Waals surface area (Å²) in [5.41, 5.74) is 2.43. The lowest BCUT2D eigenvalue weighted by atomic mass is 9.96. The van der Waals surface area contributed by atoms with Crippen molar-refractivity contribution in [2.75, 3.05) is 14.2 Å². The number of thiazole rings is 1. The molecular weight excluding hydrogens is 424 g/mol. The first-order valence-corrected chi connectivity index (χ1v) is 10.8. The maximum atomic E-state index is 13.4. The van der Waals surface area contributed by atoms with Crippen LogP contribution in [0.4, 0.5) is 0 Å². The Hall–Kier alpha value is -3.71. The Morgan fingerprint density at radius 1 is 1.09 bits per heavy atom. The predicted molar refractivity (Wildman–Crippen MR) is 125 cm³/mol. The Balaban J connectivity index is 1.85. The minimum atomic E-state index is -0.597. The van der Waals surface area contributed by atoms with E-state index in [0.29, 0.717) is 20.6 Å². The van der Waals surface area contributed by atoms with Crippen molar-refractivity contribution < 1.29 is 14.3 Å². The van der Waals surface area contributed by atoms with Gasteiger partial charge in [-0.25, -0.2) is 9.79 Å². The molecule has 0 spiro atoms. The van der Waals surface area contributed by atoms with E-state index in [1.54, 1.807) is 24.7 Å². The van der Waals surface area contributed by atoms with Crippen molar-refractivity contribution in [1.82, 2.24) is 4.57 Å². The Kier molecular flexibility index (Phi) is 6.18. The molecule has 0 unspecified atom stereocenters. The van der Waals surface area contributed by atoms with Gasteiger partial charge >= 0.3 is 5.97 Å². The van der Waals surface area contributed by atoms with Crippen LogP contribution in [0.2, 0.25) is 0 Å². The number of hydrogen-bond acceptors (Lipinski definition) is 6. The van der Waals surface area contributed by atoms with E-state index in [4.69, 9.17) is 9.47 Å². The highest BCUT2D eigenvalue weighted by Gasteiger charge is 2.32. The summed E-state index contributed by atoms with van der Waals surface area (Å²) in [5, 5.41) is 0. The van der Waals surface area contributed by atoms with Gasteiger partial charge in [0.1, 0.15) is 5.75 Å². The first-order chi connectivity index (χ1) is 15.5. The molecule has 3 aromatic rings. The number of allylic oxidation sites excluding steroid dienone is 2. The molecule has 32 heavy (non-hydrogen) atoms. The Bertz CT molecular complexity index is 1400. The van der Waals surface area contributed by atoms with Gasteiger partial charge in [-0.1, -0.05) is 72.0 Å². The van der Waals surface area contributed by atoms with Crippen molar-refractivity contribution in [3.05, 3.63) is 103 Å². The molecule has 6 nitrogen and oxygen atoms in total. The van der Waals surface area contributed by atoms with Gasteiger partial charge in [-0.3, -0.25) is 9.36 Å². The Morgan fingerprint density at radius 2 is 1.81 bits per heavy atom. The van der Waals surface area contributed by atoms with Gasteiger partial charge in [-0.2, -0.15) is 0 Å². The Labute approximate surface area is 189 Å². The number of rotatable bonds is 5. The summed E-state index contributed by atoms with van der Waals surface area (Å²) < 4.78 is 12.5. The van der Waals surface area contributed by atoms with Gasteiger partial charge in [0, 0.05) is 5.56 Å². The molecule has 2 aromatic carbocycles. The Morgan fingerprint density at radius 3 is 2.53 bits per heavy atom. The number of fused-ring (bicyclic) bond motifs is 1. The smallest absolute Gasteiger partial charge is 0.338 e. The SMILES string of the molecule is COC(=O)C1=C(C)N=c2s/c(=C/C=C/c3ccccc3OC)c(=O)n2[C@@H]1c1ccccc1. The molecule has 0 bridgehead atoms. The van der Waals surface area contributed by atoms with E-state index in [2.05, 4.69) is 4.99 Å². The van der Waals surface area contributed by atoms with Crippen molar-refractivity contribution in [3.8, 4) is 5.75 Å². The van der Waals surface area contributed by atoms with Crippen LogP contribution in [0.15, 0.2) is 81.7 Å². The number of hydrogen-bond donors (Lipinski definition) is 0. The minimum absolute atomic E-state index is 0.207. The predicted octanol–water partition coefficient (Wildman–Crippen LogP) is 3.08. The molecule has 0 fully saturated rings. The van der Waals surface area contributed by atoms with Crippen LogP contribution in [-0.4, -0.2) is 24.8 Å². The van der Waals surface area contributed by atoms with Crippen LogP contribution in [-0.2, 0) is 9.53 Å². The number of carbonyl (C=O) groups excluding carboxylic acids is 1. The number of ether oxygens (including phenoxy) is 2. The van der Waals surface area contributed by atoms with Crippen molar-refractivity contribution in [2.45, 2.75) is 13.0 Å². The molecule has 0 radical (unpaired) electrons. The third-order valence-electron chi connectivity index (χ3n) is 5.20. The van der Waals surface area contributed by atoms with E-state index in [1.165, 1.54) is 18.4 Å². The van der Waals surface area contributed by atoms with Gasteiger partial charge in [-0.15, -0.1) is 0 Å². The van der Waals surface area contributed by atoms with Crippen LogP contribution in [0.1, 0.15) is 24.1 Å². The molecule has 2 heterocycles. The maximum Gasteiger partial charge on any atom is 0.338 e. The lowest BCUT2D eigenvalue weighted by molar-refractivity contribution is -0.136. The van der Waals surface area contributed by atoms with Crippen LogP contribution in [0.3, 0.4) is 0 Å². The van der Waals surface area contributed by atoms with Crippen LogP contribution >= 0.6 is 11.3 Å². The zero-order valence-corrected chi connectivity index (χ0v) is 18.8. The molecule has 4 rings (SSSR count). The molecule has 0 saturated carbocycles. The molecule has 1 aliphatic rings. The van der Waals surface area contributed by atoms with Crippen molar-refractivity contribution in [1.29, 1.82) is 0 Å². The van der Waals surface area contributed by atoms with Gasteiger partial charge in [0.2, 0.25) is 0 Å². The zero-order valence-electron chi connectivity index (χ0n) is 17.9. The molecule has 1 aliphatic heterocycles. The van der Waals surface area contributed by atoms with Crippen LogP contribution in [0, 0.1) is 0 Å². The number of carbonyl (C=O) groups is 1. The molecule has 7 heteroatoms. The molecule has 0 N–H and O–H groups in total. The third-order valence-corrected chi connectivity index (χ3v) is 6.21. The van der Waals surface area contributed by atoms with Crippen LogP contribution in [0.25, 0.3) is 12.2 Å². The molecule has 162 valence electrons. The highest BCUT2D eigenvalue weighted by molar-refractivity contribution is 7.07. The number of aromatic nitrogens is 1. The van der Waals surface area contributed by atoms with Crippen molar-refractivity contribution in [2.24, 2.45) is 4.99 Å². The van der Waals surface area contributed by atoms with Crippen molar-refractivity contribution >= 4 is 29.5 Å². The fraction of sp³-hybridized carbons (Fsp3) is 0.160. The normalized spacial score (nSPS) is 16.1. The summed E-state index contributed by atoms with van der Waals surface area (Å²) in [5.74, 6) is 0.256. The van der Waals surface area contributed by atoms with Gasteiger partial charge in [0.05, 0.1) is 36.1 Å². The summed E-state index contributed by atoms with van der Waals surface area (Å²) in [6, 6.07) is 16.5.